The van der Waals surface area contributed by atoms with Crippen molar-refractivity contribution in [3.05, 3.63) is 112 Å². The fourth-order valence-electron chi connectivity index (χ4n) is 4.15. The fraction of sp³-hybridized carbons (Fsp3) is 0.267. The average Bonchev–Trinajstić information content (AvgIpc) is 2.93. The summed E-state index contributed by atoms with van der Waals surface area (Å²) in [5.74, 6) is -0.693. The van der Waals surface area contributed by atoms with E-state index in [1.54, 1.807) is 54.6 Å². The minimum Gasteiger partial charge on any atom is -0.464 e. The van der Waals surface area contributed by atoms with Crippen LogP contribution in [0.3, 0.4) is 0 Å². The third-order valence-electron chi connectivity index (χ3n) is 6.40. The van der Waals surface area contributed by atoms with Gasteiger partial charge in [0, 0.05) is 13.1 Å². The summed E-state index contributed by atoms with van der Waals surface area (Å²) >= 11 is 0. The quantitative estimate of drug-likeness (QED) is 0.256. The van der Waals surface area contributed by atoms with Gasteiger partial charge in [0.15, 0.2) is 5.43 Å². The maximum atomic E-state index is 13.7. The Kier molecular flexibility index (Phi) is 8.93. The number of carbonyl (C=O) groups excluding carboxylic acids is 1. The van der Waals surface area contributed by atoms with E-state index in [0.717, 1.165) is 0 Å². The number of amides is 1. The Balaban J connectivity index is 1.67. The van der Waals surface area contributed by atoms with E-state index in [0.29, 0.717) is 23.0 Å². The van der Waals surface area contributed by atoms with Crippen molar-refractivity contribution in [3.63, 3.8) is 0 Å². The molecule has 4 aromatic rings. The van der Waals surface area contributed by atoms with Gasteiger partial charge in [0.25, 0.3) is 0 Å². The van der Waals surface area contributed by atoms with E-state index < -0.39 is 28.3 Å². The largest absolute Gasteiger partial charge is 0.464 e. The summed E-state index contributed by atoms with van der Waals surface area (Å²) in [6.07, 6.45) is 1.89. The average molecular weight is 551 g/mol. The van der Waals surface area contributed by atoms with Crippen molar-refractivity contribution < 1.29 is 22.0 Å². The Morgan fingerprint density at radius 1 is 0.923 bits per heavy atom. The van der Waals surface area contributed by atoms with Crippen molar-refractivity contribution in [1.82, 2.24) is 9.21 Å². The van der Waals surface area contributed by atoms with Crippen LogP contribution in [0.1, 0.15) is 31.4 Å². The van der Waals surface area contributed by atoms with Crippen LogP contribution in [-0.4, -0.2) is 36.6 Å². The van der Waals surface area contributed by atoms with Crippen molar-refractivity contribution in [2.24, 2.45) is 5.92 Å². The Hall–Kier alpha value is -3.82. The van der Waals surface area contributed by atoms with Crippen LogP contribution < -0.4 is 5.43 Å². The third kappa shape index (κ3) is 6.99. The molecule has 0 aliphatic rings. The van der Waals surface area contributed by atoms with E-state index in [1.807, 2.05) is 13.8 Å². The summed E-state index contributed by atoms with van der Waals surface area (Å²) in [5.41, 5.74) is 1.04. The number of hydrogen-bond donors (Lipinski definition) is 0. The van der Waals surface area contributed by atoms with Crippen molar-refractivity contribution in [3.8, 4) is 0 Å². The molecular formula is C30H31FN2O5S. The van der Waals surface area contributed by atoms with Gasteiger partial charge in [-0.3, -0.25) is 9.59 Å². The standard InChI is InChI=1S/C30H31FN2O5S/c1-22(2)16-17-33(39(36,37)26-8-4-3-5-9-26)20-29(34)32(18-23-12-14-25(31)15-13-23)19-24-21-38-28-11-7-6-10-27(28)30(24)35/h3-15,21-22H,16-20H2,1-2H3. The molecule has 1 amide bonds. The van der Waals surface area contributed by atoms with E-state index in [-0.39, 0.29) is 41.4 Å². The van der Waals surface area contributed by atoms with Gasteiger partial charge in [-0.1, -0.05) is 56.3 Å². The zero-order chi connectivity index (χ0) is 28.0. The van der Waals surface area contributed by atoms with Crippen molar-refractivity contribution in [2.75, 3.05) is 13.1 Å². The van der Waals surface area contributed by atoms with E-state index in [4.69, 9.17) is 4.42 Å². The van der Waals surface area contributed by atoms with Crippen LogP contribution in [0.2, 0.25) is 0 Å². The molecule has 204 valence electrons. The molecule has 0 atom stereocenters. The molecule has 0 unspecified atom stereocenters. The lowest BCUT2D eigenvalue weighted by Crippen LogP contribution is -2.43. The van der Waals surface area contributed by atoms with Gasteiger partial charge in [-0.15, -0.1) is 0 Å². The zero-order valence-corrected chi connectivity index (χ0v) is 22.7. The molecule has 1 heterocycles. The maximum Gasteiger partial charge on any atom is 0.243 e. The first-order valence-corrected chi connectivity index (χ1v) is 14.2. The Morgan fingerprint density at radius 2 is 1.59 bits per heavy atom. The Labute approximate surface area is 227 Å². The van der Waals surface area contributed by atoms with Gasteiger partial charge < -0.3 is 9.32 Å². The molecule has 0 spiro atoms. The molecule has 7 nitrogen and oxygen atoms in total. The van der Waals surface area contributed by atoms with Crippen molar-refractivity contribution in [1.29, 1.82) is 0 Å². The summed E-state index contributed by atoms with van der Waals surface area (Å²) < 4.78 is 47.4. The van der Waals surface area contributed by atoms with E-state index >= 15 is 0 Å². The highest BCUT2D eigenvalue weighted by molar-refractivity contribution is 7.89. The molecule has 0 radical (unpaired) electrons. The maximum absolute atomic E-state index is 13.7. The van der Waals surface area contributed by atoms with Crippen molar-refractivity contribution in [2.45, 2.75) is 38.3 Å². The Morgan fingerprint density at radius 3 is 2.28 bits per heavy atom. The molecule has 0 saturated carbocycles. The van der Waals surface area contributed by atoms with Crippen LogP contribution in [0.15, 0.2) is 99.2 Å². The summed E-state index contributed by atoms with van der Waals surface area (Å²) in [6, 6.07) is 20.5. The molecule has 0 saturated heterocycles. The summed E-state index contributed by atoms with van der Waals surface area (Å²) in [5, 5.41) is 0.384. The van der Waals surface area contributed by atoms with Gasteiger partial charge in [0.2, 0.25) is 15.9 Å². The van der Waals surface area contributed by atoms with E-state index in [2.05, 4.69) is 0 Å². The normalized spacial score (nSPS) is 11.8. The molecule has 39 heavy (non-hydrogen) atoms. The third-order valence-corrected chi connectivity index (χ3v) is 8.26. The predicted molar refractivity (Wildman–Crippen MR) is 148 cm³/mol. The number of benzene rings is 3. The molecule has 0 aliphatic carbocycles. The SMILES string of the molecule is CC(C)CCN(CC(=O)N(Cc1ccc(F)cc1)Cc1coc2ccccc2c1=O)S(=O)(=O)c1ccccc1. The number of fused-ring (bicyclic) bond motifs is 1. The molecule has 3 aromatic carbocycles. The lowest BCUT2D eigenvalue weighted by molar-refractivity contribution is -0.132. The number of carbonyl (C=O) groups is 1. The highest BCUT2D eigenvalue weighted by Gasteiger charge is 2.29. The summed E-state index contributed by atoms with van der Waals surface area (Å²) in [6.45, 7) is 3.65. The van der Waals surface area contributed by atoms with Crippen molar-refractivity contribution >= 4 is 26.9 Å². The highest BCUT2D eigenvalue weighted by atomic mass is 32.2. The number of halogens is 1. The zero-order valence-electron chi connectivity index (χ0n) is 21.9. The number of hydrogen-bond acceptors (Lipinski definition) is 5. The van der Waals surface area contributed by atoms with Gasteiger partial charge in [-0.2, -0.15) is 4.31 Å². The van der Waals surface area contributed by atoms with E-state index in [1.165, 1.54) is 39.7 Å². The van der Waals surface area contributed by atoms with Gasteiger partial charge in [-0.25, -0.2) is 12.8 Å². The molecule has 1 aromatic heterocycles. The first-order valence-electron chi connectivity index (χ1n) is 12.7. The lowest BCUT2D eigenvalue weighted by Gasteiger charge is -2.28. The van der Waals surface area contributed by atoms with E-state index in [9.17, 15) is 22.4 Å². The second kappa shape index (κ2) is 12.4. The molecule has 9 heteroatoms. The topological polar surface area (TPSA) is 87.9 Å². The Bertz CT molecular complexity index is 1590. The van der Waals surface area contributed by atoms with Gasteiger partial charge >= 0.3 is 0 Å². The first kappa shape index (κ1) is 28.2. The molecule has 0 N–H and O–H groups in total. The van der Waals surface area contributed by atoms with Gasteiger partial charge in [0.05, 0.1) is 35.2 Å². The number of para-hydroxylation sites is 1. The minimum atomic E-state index is -3.96. The summed E-state index contributed by atoms with van der Waals surface area (Å²) in [7, 11) is -3.96. The molecule has 0 fully saturated rings. The number of nitrogens with zero attached hydrogens (tertiary/aromatic N) is 2. The number of rotatable bonds is 11. The van der Waals surface area contributed by atoms with Crippen LogP contribution in [0, 0.1) is 11.7 Å². The monoisotopic (exact) mass is 550 g/mol. The minimum absolute atomic E-state index is 0.0504. The highest BCUT2D eigenvalue weighted by Crippen LogP contribution is 2.19. The van der Waals surface area contributed by atoms with Crippen LogP contribution in [0.5, 0.6) is 0 Å². The van der Waals surface area contributed by atoms with Crippen LogP contribution in [0.25, 0.3) is 11.0 Å². The van der Waals surface area contributed by atoms with Gasteiger partial charge in [0.1, 0.15) is 11.4 Å². The smallest absolute Gasteiger partial charge is 0.243 e. The molecular weight excluding hydrogens is 519 g/mol. The summed E-state index contributed by atoms with van der Waals surface area (Å²) in [4.78, 5) is 28.4. The molecule has 0 aliphatic heterocycles. The molecule has 4 rings (SSSR count). The van der Waals surface area contributed by atoms with Gasteiger partial charge in [-0.05, 0) is 54.3 Å². The second-order valence-corrected chi connectivity index (χ2v) is 11.7. The lowest BCUT2D eigenvalue weighted by atomic mass is 10.1. The number of sulfonamides is 1. The van der Waals surface area contributed by atoms with Crippen LogP contribution in [-0.2, 0) is 27.9 Å². The predicted octanol–water partition coefficient (Wildman–Crippen LogP) is 5.20. The fourth-order valence-corrected chi connectivity index (χ4v) is 5.58. The van der Waals surface area contributed by atoms with Crippen LogP contribution in [0.4, 0.5) is 4.39 Å². The van der Waals surface area contributed by atoms with Crippen LogP contribution >= 0.6 is 0 Å². The molecule has 0 bridgehead atoms. The first-order chi connectivity index (χ1) is 18.6. The second-order valence-electron chi connectivity index (χ2n) is 9.80.